The summed E-state index contributed by atoms with van der Waals surface area (Å²) >= 11 is 0. The first-order valence-electron chi connectivity index (χ1n) is 9.44. The molecule has 0 N–H and O–H groups in total. The van der Waals surface area contributed by atoms with Crippen molar-refractivity contribution in [3.63, 3.8) is 0 Å². The van der Waals surface area contributed by atoms with Crippen LogP contribution in [0.1, 0.15) is 50.4 Å². The minimum Gasteiger partial charge on any atom is -0.342 e. The number of aryl methyl sites for hydroxylation is 1. The number of pyridine rings is 1. The lowest BCUT2D eigenvalue weighted by atomic mass is 9.91. The molecule has 3 nitrogen and oxygen atoms in total. The van der Waals surface area contributed by atoms with Gasteiger partial charge in [-0.25, -0.2) is 4.39 Å². The van der Waals surface area contributed by atoms with E-state index in [0.717, 1.165) is 48.4 Å². The zero-order valence-electron chi connectivity index (χ0n) is 15.8. The smallest absolute Gasteiger partial charge is 0.222 e. The fourth-order valence-electron chi connectivity index (χ4n) is 3.64. The van der Waals surface area contributed by atoms with Crippen LogP contribution in [0.2, 0.25) is 0 Å². The van der Waals surface area contributed by atoms with Crippen molar-refractivity contribution < 1.29 is 9.18 Å². The summed E-state index contributed by atoms with van der Waals surface area (Å²) in [6.45, 7) is 7.73. The van der Waals surface area contributed by atoms with Crippen molar-refractivity contribution in [1.82, 2.24) is 9.88 Å². The Morgan fingerprint density at radius 2 is 1.96 bits per heavy atom. The van der Waals surface area contributed by atoms with Crippen LogP contribution in [0.15, 0.2) is 36.4 Å². The van der Waals surface area contributed by atoms with Crippen molar-refractivity contribution in [2.45, 2.75) is 46.0 Å². The largest absolute Gasteiger partial charge is 0.342 e. The average Bonchev–Trinajstić information content (AvgIpc) is 2.61. The molecule has 1 aliphatic heterocycles. The highest BCUT2D eigenvalue weighted by Crippen LogP contribution is 2.30. The summed E-state index contributed by atoms with van der Waals surface area (Å²) in [4.78, 5) is 19.2. The lowest BCUT2D eigenvalue weighted by molar-refractivity contribution is -0.133. The van der Waals surface area contributed by atoms with Gasteiger partial charge < -0.3 is 4.90 Å². The van der Waals surface area contributed by atoms with E-state index in [-0.39, 0.29) is 17.6 Å². The third-order valence-corrected chi connectivity index (χ3v) is 4.93. The molecule has 1 aromatic heterocycles. The number of likely N-dealkylation sites (tertiary alicyclic amines) is 1. The lowest BCUT2D eigenvalue weighted by Crippen LogP contribution is -2.39. The highest BCUT2D eigenvalue weighted by molar-refractivity contribution is 5.76. The van der Waals surface area contributed by atoms with Crippen LogP contribution in [0, 0.1) is 18.7 Å². The molecule has 2 heterocycles. The van der Waals surface area contributed by atoms with Gasteiger partial charge in [-0.1, -0.05) is 26.0 Å². The second kappa shape index (κ2) is 7.98. The normalized spacial score (nSPS) is 17.6. The molecule has 0 spiro atoms. The van der Waals surface area contributed by atoms with Crippen LogP contribution in [-0.2, 0) is 4.79 Å². The molecule has 1 fully saturated rings. The van der Waals surface area contributed by atoms with E-state index in [2.05, 4.69) is 19.9 Å². The Morgan fingerprint density at radius 3 is 2.65 bits per heavy atom. The number of nitrogens with zero attached hydrogens (tertiary/aromatic N) is 2. The van der Waals surface area contributed by atoms with Gasteiger partial charge in [0.1, 0.15) is 5.82 Å². The van der Waals surface area contributed by atoms with Crippen molar-refractivity contribution in [3.8, 4) is 11.1 Å². The summed E-state index contributed by atoms with van der Waals surface area (Å²) in [7, 11) is 0. The minimum absolute atomic E-state index is 0.230. The quantitative estimate of drug-likeness (QED) is 0.778. The minimum atomic E-state index is -0.230. The summed E-state index contributed by atoms with van der Waals surface area (Å²) in [6, 6.07) is 10.7. The van der Waals surface area contributed by atoms with Crippen molar-refractivity contribution in [2.75, 3.05) is 13.1 Å². The van der Waals surface area contributed by atoms with Gasteiger partial charge in [0, 0.05) is 36.8 Å². The van der Waals surface area contributed by atoms with Gasteiger partial charge in [-0.05, 0) is 61.1 Å². The summed E-state index contributed by atoms with van der Waals surface area (Å²) in [5, 5.41) is 0. The second-order valence-corrected chi connectivity index (χ2v) is 7.71. The Kier molecular flexibility index (Phi) is 5.70. The topological polar surface area (TPSA) is 33.2 Å². The third-order valence-electron chi connectivity index (χ3n) is 4.93. The van der Waals surface area contributed by atoms with Gasteiger partial charge in [-0.3, -0.25) is 9.78 Å². The standard InChI is InChI=1S/C22H27FN2O/c1-15(2)11-22(26)25-10-4-5-18(14-25)21-13-19(12-16(3)24-21)17-6-8-20(23)9-7-17/h6-9,12-13,15,18H,4-5,10-11,14H2,1-3H3/t18-/m1/s1. The molecule has 0 unspecified atom stereocenters. The number of piperidine rings is 1. The third kappa shape index (κ3) is 4.48. The maximum Gasteiger partial charge on any atom is 0.222 e. The number of rotatable bonds is 4. The van der Waals surface area contributed by atoms with Crippen molar-refractivity contribution >= 4 is 5.91 Å². The highest BCUT2D eigenvalue weighted by Gasteiger charge is 2.26. The Hall–Kier alpha value is -2.23. The molecule has 1 aliphatic rings. The first-order valence-corrected chi connectivity index (χ1v) is 9.44. The number of amides is 1. The molecule has 0 radical (unpaired) electrons. The predicted octanol–water partition coefficient (Wildman–Crippen LogP) is 4.95. The lowest BCUT2D eigenvalue weighted by Gasteiger charge is -2.33. The fourth-order valence-corrected chi connectivity index (χ4v) is 3.64. The zero-order chi connectivity index (χ0) is 18.7. The van der Waals surface area contributed by atoms with Crippen LogP contribution in [0.3, 0.4) is 0 Å². The van der Waals surface area contributed by atoms with Crippen LogP contribution in [-0.4, -0.2) is 28.9 Å². The second-order valence-electron chi connectivity index (χ2n) is 7.71. The predicted molar refractivity (Wildman–Crippen MR) is 102 cm³/mol. The molecular formula is C22H27FN2O. The number of halogens is 1. The van der Waals surface area contributed by atoms with E-state index in [0.29, 0.717) is 12.3 Å². The summed E-state index contributed by atoms with van der Waals surface area (Å²) in [5.74, 6) is 0.659. The Bertz CT molecular complexity index is 770. The number of hydrogen-bond acceptors (Lipinski definition) is 2. The van der Waals surface area contributed by atoms with E-state index in [4.69, 9.17) is 4.98 Å². The number of benzene rings is 1. The summed E-state index contributed by atoms with van der Waals surface area (Å²) in [6.07, 6.45) is 2.66. The number of hydrogen-bond donors (Lipinski definition) is 0. The molecule has 138 valence electrons. The summed E-state index contributed by atoms with van der Waals surface area (Å²) < 4.78 is 13.2. The van der Waals surface area contributed by atoms with Crippen LogP contribution >= 0.6 is 0 Å². The number of carbonyl (C=O) groups excluding carboxylic acids is 1. The van der Waals surface area contributed by atoms with E-state index >= 15 is 0 Å². The van der Waals surface area contributed by atoms with E-state index in [9.17, 15) is 9.18 Å². The molecule has 0 bridgehead atoms. The molecule has 3 rings (SSSR count). The molecule has 26 heavy (non-hydrogen) atoms. The van der Waals surface area contributed by atoms with Crippen molar-refractivity contribution in [2.24, 2.45) is 5.92 Å². The van der Waals surface area contributed by atoms with Gasteiger partial charge >= 0.3 is 0 Å². The van der Waals surface area contributed by atoms with Crippen LogP contribution < -0.4 is 0 Å². The molecule has 1 atom stereocenters. The molecule has 1 amide bonds. The van der Waals surface area contributed by atoms with E-state index in [1.54, 1.807) is 12.1 Å². The van der Waals surface area contributed by atoms with E-state index < -0.39 is 0 Å². The molecular weight excluding hydrogens is 327 g/mol. The summed E-state index contributed by atoms with van der Waals surface area (Å²) in [5.41, 5.74) is 4.03. The van der Waals surface area contributed by atoms with Crippen molar-refractivity contribution in [1.29, 1.82) is 0 Å². The van der Waals surface area contributed by atoms with Crippen LogP contribution in [0.5, 0.6) is 0 Å². The molecule has 1 saturated heterocycles. The Balaban J connectivity index is 1.82. The molecule has 1 aromatic carbocycles. The van der Waals surface area contributed by atoms with Crippen molar-refractivity contribution in [3.05, 3.63) is 53.6 Å². The first kappa shape index (κ1) is 18.6. The van der Waals surface area contributed by atoms with Crippen LogP contribution in [0.4, 0.5) is 4.39 Å². The number of carbonyl (C=O) groups is 1. The molecule has 0 aliphatic carbocycles. The van der Waals surface area contributed by atoms with Crippen LogP contribution in [0.25, 0.3) is 11.1 Å². The SMILES string of the molecule is Cc1cc(-c2ccc(F)cc2)cc([C@@H]2CCCN(C(=O)CC(C)C)C2)n1. The molecule has 2 aromatic rings. The maximum atomic E-state index is 13.2. The van der Waals surface area contributed by atoms with Gasteiger partial charge in [-0.15, -0.1) is 0 Å². The maximum absolute atomic E-state index is 13.2. The van der Waals surface area contributed by atoms with Gasteiger partial charge in [0.15, 0.2) is 0 Å². The molecule has 4 heteroatoms. The molecule has 0 saturated carbocycles. The van der Waals surface area contributed by atoms with Gasteiger partial charge in [0.25, 0.3) is 0 Å². The van der Waals surface area contributed by atoms with Gasteiger partial charge in [-0.2, -0.15) is 0 Å². The van der Waals surface area contributed by atoms with E-state index in [1.807, 2.05) is 17.9 Å². The van der Waals surface area contributed by atoms with E-state index in [1.165, 1.54) is 12.1 Å². The average molecular weight is 354 g/mol. The number of aromatic nitrogens is 1. The Morgan fingerprint density at radius 1 is 1.23 bits per heavy atom. The van der Waals surface area contributed by atoms with Gasteiger partial charge in [0.05, 0.1) is 0 Å². The fraction of sp³-hybridized carbons (Fsp3) is 0.455. The monoisotopic (exact) mass is 354 g/mol. The zero-order valence-corrected chi connectivity index (χ0v) is 15.8. The Labute approximate surface area is 155 Å². The first-order chi connectivity index (χ1) is 12.4. The van der Waals surface area contributed by atoms with Gasteiger partial charge in [0.2, 0.25) is 5.91 Å². The highest BCUT2D eigenvalue weighted by atomic mass is 19.1.